The summed E-state index contributed by atoms with van der Waals surface area (Å²) in [5.74, 6) is -1.68. The quantitative estimate of drug-likeness (QED) is 0.508. The Bertz CT molecular complexity index is 804. The van der Waals surface area contributed by atoms with Crippen LogP contribution in [0.15, 0.2) is 42.5 Å². The largest absolute Gasteiger partial charge is 0.494 e. The number of anilines is 2. The van der Waals surface area contributed by atoms with Gasteiger partial charge in [0.25, 0.3) is 5.69 Å². The molecule has 2 amide bonds. The lowest BCUT2D eigenvalue weighted by Gasteiger charge is -2.11. The van der Waals surface area contributed by atoms with Crippen molar-refractivity contribution < 1.29 is 19.2 Å². The Morgan fingerprint density at radius 3 is 2.25 bits per heavy atom. The van der Waals surface area contributed by atoms with Gasteiger partial charge in [-0.1, -0.05) is 18.2 Å². The van der Waals surface area contributed by atoms with Crippen molar-refractivity contribution in [2.24, 2.45) is 0 Å². The van der Waals surface area contributed by atoms with Crippen molar-refractivity contribution in [3.63, 3.8) is 0 Å². The van der Waals surface area contributed by atoms with Crippen molar-refractivity contribution in [1.82, 2.24) is 0 Å². The van der Waals surface area contributed by atoms with Gasteiger partial charge in [-0.15, -0.1) is 0 Å². The van der Waals surface area contributed by atoms with E-state index in [9.17, 15) is 19.7 Å². The number of aryl methyl sites for hydroxylation is 1. The van der Waals surface area contributed by atoms with E-state index in [-0.39, 0.29) is 17.1 Å². The molecule has 2 N–H and O–H groups in total. The van der Waals surface area contributed by atoms with Gasteiger partial charge in [0.05, 0.1) is 23.8 Å². The number of hydrogen-bond donors (Lipinski definition) is 2. The predicted octanol–water partition coefficient (Wildman–Crippen LogP) is 2.49. The maximum absolute atomic E-state index is 12.0. The van der Waals surface area contributed by atoms with E-state index in [1.165, 1.54) is 19.2 Å². The fraction of sp³-hybridized carbons (Fsp3) is 0.125. The molecule has 0 aliphatic carbocycles. The van der Waals surface area contributed by atoms with Crippen LogP contribution in [0.1, 0.15) is 5.56 Å². The second-order valence-electron chi connectivity index (χ2n) is 4.86. The van der Waals surface area contributed by atoms with Gasteiger partial charge in [-0.3, -0.25) is 19.7 Å². The first-order valence-corrected chi connectivity index (χ1v) is 6.92. The molecule has 8 heteroatoms. The number of para-hydroxylation sites is 1. The van der Waals surface area contributed by atoms with E-state index in [0.717, 1.165) is 11.6 Å². The normalized spacial score (nSPS) is 9.92. The summed E-state index contributed by atoms with van der Waals surface area (Å²) >= 11 is 0. The van der Waals surface area contributed by atoms with E-state index in [1.807, 2.05) is 6.07 Å². The van der Waals surface area contributed by atoms with E-state index >= 15 is 0 Å². The number of amides is 2. The van der Waals surface area contributed by atoms with E-state index < -0.39 is 16.7 Å². The first-order chi connectivity index (χ1) is 11.4. The lowest BCUT2D eigenvalue weighted by molar-refractivity contribution is -0.384. The molecule has 0 radical (unpaired) electrons. The van der Waals surface area contributed by atoms with Crippen molar-refractivity contribution in [3.05, 3.63) is 58.1 Å². The van der Waals surface area contributed by atoms with Crippen molar-refractivity contribution in [2.75, 3.05) is 17.7 Å². The fourth-order valence-electron chi connectivity index (χ4n) is 1.97. The summed E-state index contributed by atoms with van der Waals surface area (Å²) in [5, 5.41) is 15.6. The highest BCUT2D eigenvalue weighted by Gasteiger charge is 2.18. The van der Waals surface area contributed by atoms with Crippen LogP contribution in [0.5, 0.6) is 5.75 Å². The zero-order chi connectivity index (χ0) is 17.7. The SMILES string of the molecule is COc1cc([N+](=O)[O-])ccc1NC(=O)C(=O)Nc1ccccc1C. The minimum absolute atomic E-state index is 0.0845. The minimum Gasteiger partial charge on any atom is -0.494 e. The van der Waals surface area contributed by atoms with Crippen molar-refractivity contribution in [2.45, 2.75) is 6.92 Å². The second kappa shape index (κ2) is 7.23. The Morgan fingerprint density at radius 1 is 1.04 bits per heavy atom. The van der Waals surface area contributed by atoms with Crippen molar-refractivity contribution >= 4 is 28.9 Å². The van der Waals surface area contributed by atoms with E-state index in [0.29, 0.717) is 5.69 Å². The molecule has 0 spiro atoms. The summed E-state index contributed by atoms with van der Waals surface area (Å²) < 4.78 is 5.00. The van der Waals surface area contributed by atoms with Gasteiger partial charge in [0.2, 0.25) is 0 Å². The van der Waals surface area contributed by atoms with Crippen LogP contribution < -0.4 is 15.4 Å². The number of carbonyl (C=O) groups excluding carboxylic acids is 2. The molecule has 8 nitrogen and oxygen atoms in total. The van der Waals surface area contributed by atoms with Gasteiger partial charge in [0.1, 0.15) is 5.75 Å². The van der Waals surface area contributed by atoms with Gasteiger partial charge in [0.15, 0.2) is 0 Å². The first kappa shape index (κ1) is 16.9. The van der Waals surface area contributed by atoms with Gasteiger partial charge in [0, 0.05) is 11.8 Å². The topological polar surface area (TPSA) is 111 Å². The molecule has 0 unspecified atom stereocenters. The zero-order valence-electron chi connectivity index (χ0n) is 13.0. The van der Waals surface area contributed by atoms with Crippen molar-refractivity contribution in [1.29, 1.82) is 0 Å². The number of nitro groups is 1. The van der Waals surface area contributed by atoms with E-state index in [4.69, 9.17) is 4.74 Å². The Morgan fingerprint density at radius 2 is 1.67 bits per heavy atom. The molecule has 0 aromatic heterocycles. The number of rotatable bonds is 4. The molecule has 0 aliphatic rings. The highest BCUT2D eigenvalue weighted by Crippen LogP contribution is 2.29. The van der Waals surface area contributed by atoms with Crippen LogP contribution in [0.3, 0.4) is 0 Å². The molecule has 2 rings (SSSR count). The average molecular weight is 329 g/mol. The van der Waals surface area contributed by atoms with Gasteiger partial charge in [-0.05, 0) is 24.6 Å². The average Bonchev–Trinajstić information content (AvgIpc) is 2.56. The van der Waals surface area contributed by atoms with Crippen LogP contribution in [0.25, 0.3) is 0 Å². The molecule has 24 heavy (non-hydrogen) atoms. The van der Waals surface area contributed by atoms with E-state index in [1.54, 1.807) is 25.1 Å². The van der Waals surface area contributed by atoms with Gasteiger partial charge in [-0.2, -0.15) is 0 Å². The standard InChI is InChI=1S/C16H15N3O5/c1-10-5-3-4-6-12(10)17-15(20)16(21)18-13-8-7-11(19(22)23)9-14(13)24-2/h3-9H,1-2H3,(H,17,20)(H,18,21). The molecule has 0 saturated heterocycles. The number of nitro benzene ring substituents is 1. The molecule has 2 aromatic carbocycles. The highest BCUT2D eigenvalue weighted by atomic mass is 16.6. The number of methoxy groups -OCH3 is 1. The van der Waals surface area contributed by atoms with Gasteiger partial charge in [-0.25, -0.2) is 0 Å². The number of benzene rings is 2. The molecule has 0 heterocycles. The summed E-state index contributed by atoms with van der Waals surface area (Å²) in [4.78, 5) is 34.1. The third-order valence-corrected chi connectivity index (χ3v) is 3.24. The third-order valence-electron chi connectivity index (χ3n) is 3.24. The fourth-order valence-corrected chi connectivity index (χ4v) is 1.97. The number of nitrogens with one attached hydrogen (secondary N) is 2. The highest BCUT2D eigenvalue weighted by molar-refractivity contribution is 6.43. The van der Waals surface area contributed by atoms with Crippen LogP contribution >= 0.6 is 0 Å². The number of carbonyl (C=O) groups is 2. The van der Waals surface area contributed by atoms with Crippen LogP contribution in [0.4, 0.5) is 17.1 Å². The minimum atomic E-state index is -0.912. The lowest BCUT2D eigenvalue weighted by Crippen LogP contribution is -2.29. The molecule has 2 aromatic rings. The van der Waals surface area contributed by atoms with Gasteiger partial charge < -0.3 is 15.4 Å². The summed E-state index contributed by atoms with van der Waals surface area (Å²) in [5.41, 5.74) is 1.31. The molecule has 0 bridgehead atoms. The molecule has 124 valence electrons. The Balaban J connectivity index is 2.13. The summed E-state index contributed by atoms with van der Waals surface area (Å²) in [7, 11) is 1.31. The van der Waals surface area contributed by atoms with Crippen LogP contribution in [-0.4, -0.2) is 23.8 Å². The van der Waals surface area contributed by atoms with E-state index in [2.05, 4.69) is 10.6 Å². The second-order valence-corrected chi connectivity index (χ2v) is 4.86. The molecular weight excluding hydrogens is 314 g/mol. The molecule has 0 fully saturated rings. The zero-order valence-corrected chi connectivity index (χ0v) is 13.0. The molecule has 0 aliphatic heterocycles. The Hall–Kier alpha value is -3.42. The first-order valence-electron chi connectivity index (χ1n) is 6.92. The summed E-state index contributed by atoms with van der Waals surface area (Å²) in [6.45, 7) is 1.80. The number of nitrogens with zero attached hydrogens (tertiary/aromatic N) is 1. The van der Waals surface area contributed by atoms with Crippen LogP contribution in [-0.2, 0) is 9.59 Å². The lowest BCUT2D eigenvalue weighted by atomic mass is 10.2. The van der Waals surface area contributed by atoms with Gasteiger partial charge >= 0.3 is 11.8 Å². The molecular formula is C16H15N3O5. The smallest absolute Gasteiger partial charge is 0.314 e. The number of hydrogen-bond acceptors (Lipinski definition) is 5. The molecule has 0 saturated carbocycles. The van der Waals surface area contributed by atoms with Crippen molar-refractivity contribution in [3.8, 4) is 5.75 Å². The predicted molar refractivity (Wildman–Crippen MR) is 88.1 cm³/mol. The Kier molecular flexibility index (Phi) is 5.10. The Labute approximate surface area is 137 Å². The summed E-state index contributed by atoms with van der Waals surface area (Å²) in [6.07, 6.45) is 0. The van der Waals surface area contributed by atoms with Crippen LogP contribution in [0, 0.1) is 17.0 Å². The number of non-ortho nitro benzene ring substituents is 1. The maximum Gasteiger partial charge on any atom is 0.314 e. The maximum atomic E-state index is 12.0. The van der Waals surface area contributed by atoms with Crippen LogP contribution in [0.2, 0.25) is 0 Å². The monoisotopic (exact) mass is 329 g/mol. The summed E-state index contributed by atoms with van der Waals surface area (Å²) in [6, 6.07) is 10.7. The molecule has 0 atom stereocenters. The third kappa shape index (κ3) is 3.86. The number of ether oxygens (including phenoxy) is 1.